The highest BCUT2D eigenvalue weighted by atomic mass is 32.2. The number of nitrogens with zero attached hydrogens (tertiary/aromatic N) is 1. The summed E-state index contributed by atoms with van der Waals surface area (Å²) in [6.07, 6.45) is 2.71. The molecule has 21 heavy (non-hydrogen) atoms. The van der Waals surface area contributed by atoms with Crippen molar-refractivity contribution in [3.05, 3.63) is 29.3 Å². The molecule has 0 aliphatic carbocycles. The first-order chi connectivity index (χ1) is 9.74. The number of sulfonamides is 1. The summed E-state index contributed by atoms with van der Waals surface area (Å²) >= 11 is 0. The van der Waals surface area contributed by atoms with E-state index < -0.39 is 10.0 Å². The summed E-state index contributed by atoms with van der Waals surface area (Å²) in [7, 11) is -3.29. The Balaban J connectivity index is 2.30. The van der Waals surface area contributed by atoms with Crippen LogP contribution in [0, 0.1) is 0 Å². The molecule has 1 N–H and O–H groups in total. The fourth-order valence-corrected chi connectivity index (χ4v) is 3.92. The topological polar surface area (TPSA) is 66.5 Å². The molecule has 0 unspecified atom stereocenters. The molecule has 0 saturated heterocycles. The number of amides is 1. The molecule has 5 nitrogen and oxygen atoms in total. The summed E-state index contributed by atoms with van der Waals surface area (Å²) in [6.45, 7) is 5.85. The second kappa shape index (κ2) is 5.67. The molecule has 1 aromatic rings. The highest BCUT2D eigenvalue weighted by Crippen LogP contribution is 2.34. The lowest BCUT2D eigenvalue weighted by atomic mass is 10.1. The van der Waals surface area contributed by atoms with Crippen molar-refractivity contribution in [2.75, 3.05) is 10.6 Å². The van der Waals surface area contributed by atoms with Gasteiger partial charge in [-0.2, -0.15) is 0 Å². The van der Waals surface area contributed by atoms with Crippen LogP contribution >= 0.6 is 0 Å². The summed E-state index contributed by atoms with van der Waals surface area (Å²) < 4.78 is 25.1. The smallest absolute Gasteiger partial charge is 0.251 e. The lowest BCUT2D eigenvalue weighted by molar-refractivity contribution is 0.0939. The maximum Gasteiger partial charge on any atom is 0.251 e. The van der Waals surface area contributed by atoms with E-state index in [1.165, 1.54) is 10.6 Å². The molecule has 1 amide bonds. The third-order valence-electron chi connectivity index (χ3n) is 3.84. The molecule has 2 rings (SSSR count). The number of carbonyl (C=O) groups is 1. The molecule has 1 aliphatic rings. The Morgan fingerprint density at radius 1 is 1.48 bits per heavy atom. The van der Waals surface area contributed by atoms with Gasteiger partial charge in [0.05, 0.1) is 11.9 Å². The Morgan fingerprint density at radius 2 is 2.14 bits per heavy atom. The average Bonchev–Trinajstić information content (AvgIpc) is 2.72. The highest BCUT2D eigenvalue weighted by molar-refractivity contribution is 7.92. The van der Waals surface area contributed by atoms with Crippen LogP contribution in [0.4, 0.5) is 5.69 Å². The Labute approximate surface area is 126 Å². The zero-order valence-corrected chi connectivity index (χ0v) is 13.7. The number of fused-ring (bicyclic) bond motifs is 1. The van der Waals surface area contributed by atoms with Crippen molar-refractivity contribution in [3.8, 4) is 0 Å². The number of carbonyl (C=O) groups excluding carboxylic acids is 1. The van der Waals surface area contributed by atoms with Gasteiger partial charge in [0, 0.05) is 17.6 Å². The van der Waals surface area contributed by atoms with Gasteiger partial charge in [-0.05, 0) is 50.5 Å². The molecule has 116 valence electrons. The Bertz CT molecular complexity index is 655. The molecule has 1 aromatic carbocycles. The van der Waals surface area contributed by atoms with E-state index in [4.69, 9.17) is 0 Å². The zero-order chi connectivity index (χ0) is 15.8. The number of benzene rings is 1. The first-order valence-electron chi connectivity index (χ1n) is 7.17. The predicted octanol–water partition coefficient (Wildman–Crippen LogP) is 1.93. The van der Waals surface area contributed by atoms with Gasteiger partial charge in [0.1, 0.15) is 0 Å². The van der Waals surface area contributed by atoms with E-state index in [1.807, 2.05) is 20.8 Å². The third-order valence-corrected chi connectivity index (χ3v) is 5.11. The molecule has 0 radical (unpaired) electrons. The van der Waals surface area contributed by atoms with Crippen LogP contribution in [0.15, 0.2) is 18.2 Å². The van der Waals surface area contributed by atoms with E-state index in [-0.39, 0.29) is 18.0 Å². The summed E-state index contributed by atoms with van der Waals surface area (Å²) in [5.74, 6) is -0.113. The molecule has 6 heteroatoms. The van der Waals surface area contributed by atoms with Gasteiger partial charge in [-0.3, -0.25) is 9.10 Å². The molecule has 0 bridgehead atoms. The summed E-state index contributed by atoms with van der Waals surface area (Å²) in [5, 5.41) is 2.92. The van der Waals surface area contributed by atoms with Gasteiger partial charge in [0.15, 0.2) is 0 Å². The molecule has 1 aliphatic heterocycles. The van der Waals surface area contributed by atoms with Crippen LogP contribution in [0.5, 0.6) is 0 Å². The van der Waals surface area contributed by atoms with Crippen LogP contribution in [-0.2, 0) is 16.4 Å². The Morgan fingerprint density at radius 3 is 2.71 bits per heavy atom. The largest absolute Gasteiger partial charge is 0.350 e. The second-order valence-corrected chi connectivity index (χ2v) is 7.60. The van der Waals surface area contributed by atoms with Gasteiger partial charge in [-0.1, -0.05) is 6.92 Å². The van der Waals surface area contributed by atoms with Crippen LogP contribution in [0.1, 0.15) is 43.1 Å². The molecule has 0 spiro atoms. The van der Waals surface area contributed by atoms with Crippen LogP contribution in [0.25, 0.3) is 0 Å². The molecular weight excluding hydrogens is 288 g/mol. The maximum absolute atomic E-state index is 12.1. The van der Waals surface area contributed by atoms with Crippen LogP contribution in [-0.4, -0.2) is 32.7 Å². The quantitative estimate of drug-likeness (QED) is 0.924. The van der Waals surface area contributed by atoms with Crippen molar-refractivity contribution in [2.45, 2.75) is 45.7 Å². The maximum atomic E-state index is 12.1. The zero-order valence-electron chi connectivity index (χ0n) is 12.9. The van der Waals surface area contributed by atoms with E-state index in [1.54, 1.807) is 18.2 Å². The molecule has 1 heterocycles. The molecule has 0 saturated carbocycles. The second-order valence-electron chi connectivity index (χ2n) is 5.74. The average molecular weight is 310 g/mol. The number of hydrogen-bond acceptors (Lipinski definition) is 3. The first kappa shape index (κ1) is 15.8. The minimum atomic E-state index is -3.29. The molecule has 0 aromatic heterocycles. The van der Waals surface area contributed by atoms with Crippen molar-refractivity contribution >= 4 is 21.6 Å². The van der Waals surface area contributed by atoms with E-state index >= 15 is 0 Å². The summed E-state index contributed by atoms with van der Waals surface area (Å²) in [6, 6.07) is 5.23. The fourth-order valence-electron chi connectivity index (χ4n) is 2.66. The van der Waals surface area contributed by atoms with Gasteiger partial charge in [-0.15, -0.1) is 0 Å². The number of anilines is 1. The van der Waals surface area contributed by atoms with Crippen LogP contribution in [0.3, 0.4) is 0 Å². The van der Waals surface area contributed by atoms with Gasteiger partial charge >= 0.3 is 0 Å². The van der Waals surface area contributed by atoms with Gasteiger partial charge < -0.3 is 5.32 Å². The lowest BCUT2D eigenvalue weighted by Crippen LogP contribution is -2.34. The minimum absolute atomic E-state index is 0.108. The fraction of sp³-hybridized carbons (Fsp3) is 0.533. The van der Waals surface area contributed by atoms with Crippen molar-refractivity contribution < 1.29 is 13.2 Å². The number of hydrogen-bond donors (Lipinski definition) is 1. The van der Waals surface area contributed by atoms with E-state index in [2.05, 4.69) is 5.32 Å². The SMILES string of the molecule is CC[C@H](C)NC(=O)c1ccc2c(c1)C[C@H](C)N2S(C)(=O)=O. The molecular formula is C15H22N2O3S. The van der Waals surface area contributed by atoms with Crippen LogP contribution in [0.2, 0.25) is 0 Å². The minimum Gasteiger partial charge on any atom is -0.350 e. The third kappa shape index (κ3) is 3.20. The van der Waals surface area contributed by atoms with E-state index in [0.29, 0.717) is 17.7 Å². The van der Waals surface area contributed by atoms with Crippen molar-refractivity contribution in [1.29, 1.82) is 0 Å². The van der Waals surface area contributed by atoms with Crippen molar-refractivity contribution in [2.24, 2.45) is 0 Å². The number of rotatable bonds is 4. The summed E-state index contributed by atoms with van der Waals surface area (Å²) in [5.41, 5.74) is 2.17. The predicted molar refractivity (Wildman–Crippen MR) is 84.2 cm³/mol. The molecule has 0 fully saturated rings. The standard InChI is InChI=1S/C15H22N2O3S/c1-5-10(2)16-15(18)12-6-7-14-13(9-12)8-11(3)17(14)21(4,19)20/h6-7,9-11H,5,8H2,1-4H3,(H,16,18)/t10-,11-/m0/s1. The number of nitrogens with one attached hydrogen (secondary N) is 1. The Hall–Kier alpha value is -1.56. The first-order valence-corrected chi connectivity index (χ1v) is 9.02. The van der Waals surface area contributed by atoms with Crippen molar-refractivity contribution in [3.63, 3.8) is 0 Å². The molecule has 2 atom stereocenters. The van der Waals surface area contributed by atoms with Crippen molar-refractivity contribution in [1.82, 2.24) is 5.32 Å². The normalized spacial score (nSPS) is 19.2. The van der Waals surface area contributed by atoms with Gasteiger partial charge in [0.2, 0.25) is 10.0 Å². The Kier molecular flexibility index (Phi) is 4.27. The van der Waals surface area contributed by atoms with E-state index in [0.717, 1.165) is 12.0 Å². The van der Waals surface area contributed by atoms with E-state index in [9.17, 15) is 13.2 Å². The van der Waals surface area contributed by atoms with Gasteiger partial charge in [0.25, 0.3) is 5.91 Å². The monoisotopic (exact) mass is 310 g/mol. The summed E-state index contributed by atoms with van der Waals surface area (Å²) in [4.78, 5) is 12.1. The van der Waals surface area contributed by atoms with Gasteiger partial charge in [-0.25, -0.2) is 8.42 Å². The lowest BCUT2D eigenvalue weighted by Gasteiger charge is -2.22. The van der Waals surface area contributed by atoms with Crippen LogP contribution < -0.4 is 9.62 Å². The highest BCUT2D eigenvalue weighted by Gasteiger charge is 2.32.